The van der Waals surface area contributed by atoms with Crippen LogP contribution in [0.15, 0.2) is 16.9 Å². The molecule has 2 fully saturated rings. The third kappa shape index (κ3) is 2.93. The van der Waals surface area contributed by atoms with Crippen molar-refractivity contribution < 1.29 is 14.0 Å². The van der Waals surface area contributed by atoms with Gasteiger partial charge in [-0.2, -0.15) is 4.98 Å². The summed E-state index contributed by atoms with van der Waals surface area (Å²) in [4.78, 5) is 15.1. The summed E-state index contributed by atoms with van der Waals surface area (Å²) < 4.78 is 16.3. The number of fused-ring (bicyclic) bond motifs is 1. The van der Waals surface area contributed by atoms with Crippen LogP contribution in [0, 0.1) is 24.7 Å². The lowest BCUT2D eigenvalue weighted by Gasteiger charge is -2.31. The Morgan fingerprint density at radius 3 is 3.00 bits per heavy atom. The highest BCUT2D eigenvalue weighted by Crippen LogP contribution is 2.37. The van der Waals surface area contributed by atoms with E-state index in [-0.39, 0.29) is 0 Å². The van der Waals surface area contributed by atoms with Crippen molar-refractivity contribution in [3.63, 3.8) is 0 Å². The summed E-state index contributed by atoms with van der Waals surface area (Å²) in [6.07, 6.45) is 2.31. The lowest BCUT2D eigenvalue weighted by atomic mass is 9.81. The van der Waals surface area contributed by atoms with Crippen molar-refractivity contribution in [2.75, 3.05) is 38.3 Å². The maximum absolute atomic E-state index is 5.83. The van der Waals surface area contributed by atoms with Crippen LogP contribution in [0.5, 0.6) is 5.88 Å². The highest BCUT2D eigenvalue weighted by atomic mass is 16.5. The van der Waals surface area contributed by atoms with Crippen LogP contribution in [0.2, 0.25) is 0 Å². The second kappa shape index (κ2) is 6.35. The molecule has 0 radical (unpaired) electrons. The number of ether oxygens (including phenoxy) is 2. The van der Waals surface area contributed by atoms with Crippen LogP contribution < -0.4 is 9.64 Å². The maximum atomic E-state index is 5.83. The molecule has 4 heterocycles. The van der Waals surface area contributed by atoms with Crippen molar-refractivity contribution in [2.45, 2.75) is 13.3 Å². The molecule has 0 unspecified atom stereocenters. The molecule has 0 spiro atoms. The third-order valence-electron chi connectivity index (χ3n) is 4.93. The van der Waals surface area contributed by atoms with Crippen LogP contribution in [0.1, 0.15) is 11.7 Å². The second-order valence-corrected chi connectivity index (χ2v) is 6.48. The van der Waals surface area contributed by atoms with Gasteiger partial charge in [0.05, 0.1) is 20.3 Å². The highest BCUT2D eigenvalue weighted by Gasteiger charge is 2.42. The summed E-state index contributed by atoms with van der Waals surface area (Å²) in [5.74, 6) is 4.29. The summed E-state index contributed by atoms with van der Waals surface area (Å²) in [7, 11) is 1.62. The van der Waals surface area contributed by atoms with Gasteiger partial charge in [0.2, 0.25) is 11.8 Å². The van der Waals surface area contributed by atoms with Gasteiger partial charge < -0.3 is 18.9 Å². The second-order valence-electron chi connectivity index (χ2n) is 6.48. The Morgan fingerprint density at radius 1 is 1.29 bits per heavy atom. The lowest BCUT2D eigenvalue weighted by molar-refractivity contribution is -0.0110. The molecule has 24 heavy (non-hydrogen) atoms. The topological polar surface area (TPSA) is 86.4 Å². The molecule has 0 saturated carbocycles. The molecule has 128 valence electrons. The number of hydrogen-bond donors (Lipinski definition) is 0. The van der Waals surface area contributed by atoms with Crippen LogP contribution in [0.25, 0.3) is 0 Å². The standard InChI is InChI=1S/C16H21N5O3/c1-10-19-16(24-20-10)3-11-7-23-8-12-5-21(6-13(11)12)14-4-15(22-2)18-9-17-14/h4,9,11-13H,3,5-8H2,1-2H3/t11-,12-,13+/m1/s1. The molecule has 2 aromatic rings. The quantitative estimate of drug-likeness (QED) is 0.824. The SMILES string of the molecule is COc1cc(N2C[C@@H]3COC[C@@H](Cc4nc(C)no4)[C@@H]3C2)ncn1. The van der Waals surface area contributed by atoms with E-state index in [0.29, 0.717) is 35.3 Å². The Hall–Kier alpha value is -2.22. The number of nitrogens with zero attached hydrogens (tertiary/aromatic N) is 5. The van der Waals surface area contributed by atoms with E-state index >= 15 is 0 Å². The van der Waals surface area contributed by atoms with Crippen LogP contribution >= 0.6 is 0 Å². The first kappa shape index (κ1) is 15.3. The van der Waals surface area contributed by atoms with Crippen LogP contribution in [-0.4, -0.2) is 53.5 Å². The van der Waals surface area contributed by atoms with Crippen molar-refractivity contribution >= 4 is 5.82 Å². The molecule has 0 N–H and O–H groups in total. The van der Waals surface area contributed by atoms with Gasteiger partial charge in [-0.3, -0.25) is 0 Å². The van der Waals surface area contributed by atoms with Gasteiger partial charge in [0.25, 0.3) is 0 Å². The van der Waals surface area contributed by atoms with Gasteiger partial charge in [-0.05, 0) is 18.8 Å². The number of hydrogen-bond acceptors (Lipinski definition) is 8. The number of rotatable bonds is 4. The average Bonchev–Trinajstić information content (AvgIpc) is 3.22. The summed E-state index contributed by atoms with van der Waals surface area (Å²) in [5.41, 5.74) is 0. The van der Waals surface area contributed by atoms with Crippen molar-refractivity contribution in [1.82, 2.24) is 20.1 Å². The Morgan fingerprint density at radius 2 is 2.21 bits per heavy atom. The van der Waals surface area contributed by atoms with E-state index in [0.717, 1.165) is 38.5 Å². The highest BCUT2D eigenvalue weighted by molar-refractivity contribution is 5.42. The maximum Gasteiger partial charge on any atom is 0.227 e. The minimum atomic E-state index is 0.386. The van der Waals surface area contributed by atoms with Gasteiger partial charge in [-0.15, -0.1) is 0 Å². The molecular formula is C16H21N5O3. The van der Waals surface area contributed by atoms with Crippen LogP contribution in [0.3, 0.4) is 0 Å². The normalized spacial score (nSPS) is 26.4. The van der Waals surface area contributed by atoms with Gasteiger partial charge in [-0.25, -0.2) is 9.97 Å². The molecular weight excluding hydrogens is 310 g/mol. The molecule has 8 nitrogen and oxygen atoms in total. The Kier molecular flexibility index (Phi) is 4.05. The number of aromatic nitrogens is 4. The van der Waals surface area contributed by atoms with Gasteiger partial charge >= 0.3 is 0 Å². The zero-order chi connectivity index (χ0) is 16.5. The fourth-order valence-corrected chi connectivity index (χ4v) is 3.76. The fraction of sp³-hybridized carbons (Fsp3) is 0.625. The number of anilines is 1. The smallest absolute Gasteiger partial charge is 0.227 e. The van der Waals surface area contributed by atoms with Crippen molar-refractivity contribution in [3.8, 4) is 5.88 Å². The predicted octanol–water partition coefficient (Wildman–Crippen LogP) is 1.12. The summed E-state index contributed by atoms with van der Waals surface area (Å²) >= 11 is 0. The zero-order valence-corrected chi connectivity index (χ0v) is 13.9. The average molecular weight is 331 g/mol. The van der Waals surface area contributed by atoms with E-state index < -0.39 is 0 Å². The molecule has 2 aliphatic heterocycles. The third-order valence-corrected chi connectivity index (χ3v) is 4.93. The summed E-state index contributed by atoms with van der Waals surface area (Å²) in [6.45, 7) is 5.26. The Labute approximate surface area is 140 Å². The minimum absolute atomic E-state index is 0.386. The molecule has 8 heteroatoms. The van der Waals surface area contributed by atoms with E-state index in [2.05, 4.69) is 25.0 Å². The van der Waals surface area contributed by atoms with Crippen molar-refractivity contribution in [1.29, 1.82) is 0 Å². The number of methoxy groups -OCH3 is 1. The molecule has 2 aromatic heterocycles. The van der Waals surface area contributed by atoms with E-state index in [1.165, 1.54) is 0 Å². The van der Waals surface area contributed by atoms with Gasteiger partial charge in [0.15, 0.2) is 5.82 Å². The largest absolute Gasteiger partial charge is 0.481 e. The van der Waals surface area contributed by atoms with Gasteiger partial charge in [0.1, 0.15) is 12.1 Å². The van der Waals surface area contributed by atoms with Gasteiger partial charge in [0, 0.05) is 31.5 Å². The van der Waals surface area contributed by atoms with E-state index in [1.807, 2.05) is 13.0 Å². The first-order chi connectivity index (χ1) is 11.7. The fourth-order valence-electron chi connectivity index (χ4n) is 3.76. The number of aryl methyl sites for hydroxylation is 1. The Balaban J connectivity index is 1.49. The molecule has 0 bridgehead atoms. The molecule has 0 aliphatic carbocycles. The van der Waals surface area contributed by atoms with Crippen LogP contribution in [0.4, 0.5) is 5.82 Å². The lowest BCUT2D eigenvalue weighted by Crippen LogP contribution is -2.36. The van der Waals surface area contributed by atoms with Crippen LogP contribution in [-0.2, 0) is 11.2 Å². The van der Waals surface area contributed by atoms with Crippen molar-refractivity contribution in [3.05, 3.63) is 24.1 Å². The zero-order valence-electron chi connectivity index (χ0n) is 13.9. The minimum Gasteiger partial charge on any atom is -0.481 e. The molecule has 4 rings (SSSR count). The first-order valence-electron chi connectivity index (χ1n) is 8.21. The molecule has 3 atom stereocenters. The first-order valence-corrected chi connectivity index (χ1v) is 8.21. The molecule has 0 amide bonds. The Bertz CT molecular complexity index is 707. The monoisotopic (exact) mass is 331 g/mol. The van der Waals surface area contributed by atoms with E-state index in [4.69, 9.17) is 14.0 Å². The molecule has 0 aromatic carbocycles. The molecule has 2 aliphatic rings. The molecule has 2 saturated heterocycles. The van der Waals surface area contributed by atoms with E-state index in [1.54, 1.807) is 13.4 Å². The predicted molar refractivity (Wildman–Crippen MR) is 84.8 cm³/mol. The van der Waals surface area contributed by atoms with Crippen molar-refractivity contribution in [2.24, 2.45) is 17.8 Å². The van der Waals surface area contributed by atoms with Gasteiger partial charge in [-0.1, -0.05) is 5.16 Å². The van der Waals surface area contributed by atoms with E-state index in [9.17, 15) is 0 Å². The summed E-state index contributed by atoms with van der Waals surface area (Å²) in [6, 6.07) is 1.88. The summed E-state index contributed by atoms with van der Waals surface area (Å²) in [5, 5.41) is 3.88.